The molecule has 1 N–H and O–H groups in total. The van der Waals surface area contributed by atoms with Gasteiger partial charge in [0.05, 0.1) is 20.9 Å². The van der Waals surface area contributed by atoms with E-state index in [1.54, 1.807) is 18.5 Å². The van der Waals surface area contributed by atoms with Gasteiger partial charge in [-0.2, -0.15) is 13.2 Å². The minimum Gasteiger partial charge on any atom is -0.340 e. The lowest BCUT2D eigenvalue weighted by molar-refractivity contribution is -0.137. The van der Waals surface area contributed by atoms with Gasteiger partial charge >= 0.3 is 6.18 Å². The zero-order valence-corrected chi connectivity index (χ0v) is 14.6. The number of anilines is 2. The first kappa shape index (κ1) is 17.0. The second-order valence-electron chi connectivity index (χ2n) is 4.78. The van der Waals surface area contributed by atoms with Crippen molar-refractivity contribution in [1.82, 2.24) is 15.0 Å². The Kier molecular flexibility index (Phi) is 4.64. The number of halogens is 4. The molecule has 124 valence electrons. The molecule has 0 radical (unpaired) electrons. The average Bonchev–Trinajstić information content (AvgIpc) is 2.55. The minimum atomic E-state index is -4.40. The van der Waals surface area contributed by atoms with Crippen LogP contribution < -0.4 is 5.32 Å². The number of nitrogens with one attached hydrogen (secondary N) is 1. The second-order valence-corrected chi connectivity index (χ2v) is 6.41. The molecule has 0 saturated heterocycles. The van der Waals surface area contributed by atoms with Gasteiger partial charge in [-0.1, -0.05) is 17.8 Å². The summed E-state index contributed by atoms with van der Waals surface area (Å²) < 4.78 is 39.3. The quantitative estimate of drug-likeness (QED) is 0.467. The van der Waals surface area contributed by atoms with Crippen LogP contribution in [-0.4, -0.2) is 21.2 Å². The number of pyridine rings is 1. The Morgan fingerprint density at radius 3 is 2.67 bits per heavy atom. The summed E-state index contributed by atoms with van der Waals surface area (Å²) in [6.45, 7) is 0. The number of aromatic nitrogens is 3. The number of fused-ring (bicyclic) bond motifs is 1. The number of nitrogens with zero attached hydrogens (tertiary/aromatic N) is 3. The van der Waals surface area contributed by atoms with Crippen LogP contribution in [0.1, 0.15) is 5.56 Å². The predicted octanol–water partition coefficient (Wildman–Crippen LogP) is 5.27. The van der Waals surface area contributed by atoms with E-state index in [2.05, 4.69) is 36.2 Å². The average molecular weight is 415 g/mol. The standard InChI is InChI=1S/C15H10BrF3N4S/c1-24-14-22-12-10(6-20-7-11(12)16)13(23-14)21-9-4-2-3-8(5-9)15(17,18)19/h2-7H,1H3,(H,21,22,23). The first-order valence-electron chi connectivity index (χ1n) is 6.68. The van der Waals surface area contributed by atoms with Gasteiger partial charge in [0.1, 0.15) is 5.82 Å². The van der Waals surface area contributed by atoms with Gasteiger partial charge in [-0.25, -0.2) is 9.97 Å². The molecule has 3 rings (SSSR count). The van der Waals surface area contributed by atoms with Crippen molar-refractivity contribution in [3.63, 3.8) is 0 Å². The lowest BCUT2D eigenvalue weighted by Gasteiger charge is -2.12. The number of alkyl halides is 3. The maximum atomic E-state index is 12.9. The zero-order chi connectivity index (χ0) is 17.3. The van der Waals surface area contributed by atoms with Gasteiger partial charge in [0.25, 0.3) is 0 Å². The summed E-state index contributed by atoms with van der Waals surface area (Å²) in [5.41, 5.74) is 0.200. The van der Waals surface area contributed by atoms with Crippen LogP contribution in [0, 0.1) is 0 Å². The summed E-state index contributed by atoms with van der Waals surface area (Å²) in [6.07, 6.45) is 0.596. The molecule has 1 aromatic carbocycles. The zero-order valence-electron chi connectivity index (χ0n) is 12.2. The summed E-state index contributed by atoms with van der Waals surface area (Å²) in [5.74, 6) is 0.400. The van der Waals surface area contributed by atoms with Crippen molar-refractivity contribution in [1.29, 1.82) is 0 Å². The molecule has 0 fully saturated rings. The second kappa shape index (κ2) is 6.56. The molecule has 24 heavy (non-hydrogen) atoms. The minimum absolute atomic E-state index is 0.289. The molecule has 0 amide bonds. The van der Waals surface area contributed by atoms with Crippen molar-refractivity contribution in [2.45, 2.75) is 11.3 Å². The van der Waals surface area contributed by atoms with E-state index in [-0.39, 0.29) is 5.69 Å². The Morgan fingerprint density at radius 1 is 1.17 bits per heavy atom. The third kappa shape index (κ3) is 3.46. The Bertz CT molecular complexity index is 902. The Labute approximate surface area is 148 Å². The van der Waals surface area contributed by atoms with Gasteiger partial charge < -0.3 is 5.32 Å². The monoisotopic (exact) mass is 414 g/mol. The Hall–Kier alpha value is -1.87. The van der Waals surface area contributed by atoms with Crippen molar-refractivity contribution >= 4 is 50.1 Å². The highest BCUT2D eigenvalue weighted by Crippen LogP contribution is 2.33. The van der Waals surface area contributed by atoms with Crippen molar-refractivity contribution in [2.75, 3.05) is 11.6 Å². The molecule has 0 aliphatic rings. The predicted molar refractivity (Wildman–Crippen MR) is 91.5 cm³/mol. The fraction of sp³-hybridized carbons (Fsp3) is 0.133. The third-order valence-corrected chi connectivity index (χ3v) is 4.31. The molecule has 3 aromatic rings. The van der Waals surface area contributed by atoms with E-state index >= 15 is 0 Å². The SMILES string of the molecule is CSc1nc(Nc2cccc(C(F)(F)F)c2)c2cncc(Br)c2n1. The normalized spacial score (nSPS) is 11.7. The highest BCUT2D eigenvalue weighted by Gasteiger charge is 2.30. The number of hydrogen-bond donors (Lipinski definition) is 1. The smallest absolute Gasteiger partial charge is 0.340 e. The molecule has 4 nitrogen and oxygen atoms in total. The maximum Gasteiger partial charge on any atom is 0.416 e. The first-order chi connectivity index (χ1) is 11.4. The van der Waals surface area contributed by atoms with E-state index in [1.807, 2.05) is 6.26 Å². The number of benzene rings is 1. The molecule has 0 atom stereocenters. The Morgan fingerprint density at radius 2 is 1.96 bits per heavy atom. The molecule has 0 bridgehead atoms. The van der Waals surface area contributed by atoms with Crippen LogP contribution in [0.4, 0.5) is 24.7 Å². The van der Waals surface area contributed by atoms with Gasteiger partial charge in [-0.3, -0.25) is 4.98 Å². The summed E-state index contributed by atoms with van der Waals surface area (Å²) in [4.78, 5) is 12.8. The van der Waals surface area contributed by atoms with E-state index in [0.717, 1.165) is 12.1 Å². The molecule has 0 aliphatic heterocycles. The highest BCUT2D eigenvalue weighted by molar-refractivity contribution is 9.10. The summed E-state index contributed by atoms with van der Waals surface area (Å²) in [6, 6.07) is 4.96. The van der Waals surface area contributed by atoms with Gasteiger partial charge in [0.15, 0.2) is 5.16 Å². The van der Waals surface area contributed by atoms with Gasteiger partial charge in [0, 0.05) is 18.1 Å². The van der Waals surface area contributed by atoms with Crippen molar-refractivity contribution in [2.24, 2.45) is 0 Å². The molecule has 0 spiro atoms. The molecule has 0 saturated carbocycles. The van der Waals surface area contributed by atoms with Crippen molar-refractivity contribution in [3.8, 4) is 0 Å². The van der Waals surface area contributed by atoms with E-state index in [4.69, 9.17) is 0 Å². The van der Waals surface area contributed by atoms with Crippen LogP contribution in [-0.2, 0) is 6.18 Å². The number of rotatable bonds is 3. The number of hydrogen-bond acceptors (Lipinski definition) is 5. The van der Waals surface area contributed by atoms with Crippen LogP contribution in [0.2, 0.25) is 0 Å². The first-order valence-corrected chi connectivity index (χ1v) is 8.70. The maximum absolute atomic E-state index is 12.9. The molecule has 2 aromatic heterocycles. The van der Waals surface area contributed by atoms with E-state index in [0.29, 0.717) is 26.3 Å². The molecule has 2 heterocycles. The molecule has 0 unspecified atom stereocenters. The highest BCUT2D eigenvalue weighted by atomic mass is 79.9. The topological polar surface area (TPSA) is 50.7 Å². The van der Waals surface area contributed by atoms with E-state index in [9.17, 15) is 13.2 Å². The summed E-state index contributed by atoms with van der Waals surface area (Å²) >= 11 is 4.72. The molecular formula is C15H10BrF3N4S. The van der Waals surface area contributed by atoms with Crippen LogP contribution >= 0.6 is 27.7 Å². The van der Waals surface area contributed by atoms with Crippen molar-refractivity contribution in [3.05, 3.63) is 46.7 Å². The van der Waals surface area contributed by atoms with Crippen LogP contribution in [0.3, 0.4) is 0 Å². The van der Waals surface area contributed by atoms with Gasteiger partial charge in [0.2, 0.25) is 0 Å². The summed E-state index contributed by atoms with van der Waals surface area (Å²) in [5, 5.41) is 4.05. The Balaban J connectivity index is 2.09. The van der Waals surface area contributed by atoms with Crippen LogP contribution in [0.5, 0.6) is 0 Å². The van der Waals surface area contributed by atoms with Gasteiger partial charge in [-0.05, 0) is 40.4 Å². The largest absolute Gasteiger partial charge is 0.416 e. The molecule has 0 aliphatic carbocycles. The fourth-order valence-corrected chi connectivity index (χ4v) is 2.87. The van der Waals surface area contributed by atoms with Crippen molar-refractivity contribution < 1.29 is 13.2 Å². The van der Waals surface area contributed by atoms with Crippen LogP contribution in [0.25, 0.3) is 10.9 Å². The van der Waals surface area contributed by atoms with E-state index in [1.165, 1.54) is 17.8 Å². The van der Waals surface area contributed by atoms with Crippen LogP contribution in [0.15, 0.2) is 46.3 Å². The lowest BCUT2D eigenvalue weighted by Crippen LogP contribution is -2.06. The van der Waals surface area contributed by atoms with E-state index < -0.39 is 11.7 Å². The summed E-state index contributed by atoms with van der Waals surface area (Å²) in [7, 11) is 0. The number of thioether (sulfide) groups is 1. The lowest BCUT2D eigenvalue weighted by atomic mass is 10.2. The van der Waals surface area contributed by atoms with Gasteiger partial charge in [-0.15, -0.1) is 0 Å². The fourth-order valence-electron chi connectivity index (χ4n) is 2.09. The third-order valence-electron chi connectivity index (χ3n) is 3.18. The molecular weight excluding hydrogens is 405 g/mol. The molecule has 9 heteroatoms.